The predicted octanol–water partition coefficient (Wildman–Crippen LogP) is 2.76. The number of amides is 1. The summed E-state index contributed by atoms with van der Waals surface area (Å²) in [6.07, 6.45) is 1.48. The van der Waals surface area contributed by atoms with Gasteiger partial charge in [-0.1, -0.05) is 0 Å². The van der Waals surface area contributed by atoms with Gasteiger partial charge in [-0.05, 0) is 49.4 Å². The lowest BCUT2D eigenvalue weighted by molar-refractivity contribution is 0.0948. The van der Waals surface area contributed by atoms with Crippen molar-refractivity contribution in [2.75, 3.05) is 27.4 Å². The van der Waals surface area contributed by atoms with Crippen LogP contribution in [0.2, 0.25) is 0 Å². The average molecular weight is 423 g/mol. The average Bonchev–Trinajstić information content (AvgIpc) is 2.80. The van der Waals surface area contributed by atoms with Gasteiger partial charge in [-0.25, -0.2) is 4.98 Å². The highest BCUT2D eigenvalue weighted by Gasteiger charge is 2.13. The Kier molecular flexibility index (Phi) is 7.26. The van der Waals surface area contributed by atoms with Crippen molar-refractivity contribution in [2.45, 2.75) is 13.5 Å². The Hall–Kier alpha value is -3.81. The maximum absolute atomic E-state index is 12.5. The summed E-state index contributed by atoms with van der Waals surface area (Å²) in [6, 6.07) is 13.9. The predicted molar refractivity (Wildman–Crippen MR) is 117 cm³/mol. The molecule has 1 heterocycles. The molecule has 0 radical (unpaired) electrons. The fourth-order valence-electron chi connectivity index (χ4n) is 3.02. The molecule has 0 fully saturated rings. The zero-order valence-corrected chi connectivity index (χ0v) is 17.8. The number of hydrogen-bond acceptors (Lipinski definition) is 6. The van der Waals surface area contributed by atoms with Crippen molar-refractivity contribution in [1.82, 2.24) is 14.9 Å². The maximum Gasteiger partial charge on any atom is 0.255 e. The number of aromatic nitrogens is 2. The molecule has 0 aliphatic carbocycles. The Bertz CT molecular complexity index is 1090. The Morgan fingerprint density at radius 3 is 2.42 bits per heavy atom. The fourth-order valence-corrected chi connectivity index (χ4v) is 3.02. The first kappa shape index (κ1) is 21.9. The summed E-state index contributed by atoms with van der Waals surface area (Å²) in [4.78, 5) is 29.3. The zero-order chi connectivity index (χ0) is 22.2. The molecule has 0 spiro atoms. The largest absolute Gasteiger partial charge is 0.497 e. The maximum atomic E-state index is 12.5. The number of nitrogens with one attached hydrogen (secondary N) is 1. The molecule has 3 rings (SSSR count). The first-order valence-electron chi connectivity index (χ1n) is 9.85. The van der Waals surface area contributed by atoms with Crippen LogP contribution in [0, 0.1) is 0 Å². The third-order valence-corrected chi connectivity index (χ3v) is 4.63. The van der Waals surface area contributed by atoms with Crippen LogP contribution >= 0.6 is 0 Å². The molecule has 0 saturated carbocycles. The van der Waals surface area contributed by atoms with Gasteiger partial charge in [0.05, 0.1) is 38.4 Å². The van der Waals surface area contributed by atoms with Crippen LogP contribution in [0.3, 0.4) is 0 Å². The first-order valence-corrected chi connectivity index (χ1v) is 9.85. The lowest BCUT2D eigenvalue weighted by Crippen LogP contribution is -2.31. The Morgan fingerprint density at radius 1 is 1.03 bits per heavy atom. The smallest absolute Gasteiger partial charge is 0.255 e. The number of methoxy groups -OCH3 is 2. The molecule has 162 valence electrons. The second kappa shape index (κ2) is 10.3. The van der Waals surface area contributed by atoms with Gasteiger partial charge < -0.3 is 19.5 Å². The SMILES string of the molecule is CCOc1ccc(-c2cc(=O)n(CCNC(=O)c3cc(OC)ccc3OC)cn2)cc1. The molecule has 3 aromatic rings. The van der Waals surface area contributed by atoms with Crippen molar-refractivity contribution >= 4 is 5.91 Å². The molecular weight excluding hydrogens is 398 g/mol. The van der Waals surface area contributed by atoms with Crippen LogP contribution < -0.4 is 25.1 Å². The number of rotatable bonds is 9. The molecule has 1 N–H and O–H groups in total. The van der Waals surface area contributed by atoms with Gasteiger partial charge in [0, 0.05) is 24.7 Å². The van der Waals surface area contributed by atoms with Crippen LogP contribution in [0.4, 0.5) is 0 Å². The van der Waals surface area contributed by atoms with Crippen LogP contribution in [0.25, 0.3) is 11.3 Å². The number of carbonyl (C=O) groups excluding carboxylic acids is 1. The zero-order valence-electron chi connectivity index (χ0n) is 17.8. The van der Waals surface area contributed by atoms with Gasteiger partial charge in [0.1, 0.15) is 17.2 Å². The van der Waals surface area contributed by atoms with E-state index in [-0.39, 0.29) is 24.6 Å². The van der Waals surface area contributed by atoms with E-state index in [1.165, 1.54) is 31.2 Å². The van der Waals surface area contributed by atoms with E-state index >= 15 is 0 Å². The number of nitrogens with zero attached hydrogens (tertiary/aromatic N) is 2. The van der Waals surface area contributed by atoms with Crippen LogP contribution in [0.1, 0.15) is 17.3 Å². The van der Waals surface area contributed by atoms with Crippen molar-refractivity contribution < 1.29 is 19.0 Å². The minimum Gasteiger partial charge on any atom is -0.497 e. The van der Waals surface area contributed by atoms with E-state index in [9.17, 15) is 9.59 Å². The van der Waals surface area contributed by atoms with Crippen molar-refractivity contribution in [3.63, 3.8) is 0 Å². The molecule has 8 nitrogen and oxygen atoms in total. The first-order chi connectivity index (χ1) is 15.0. The number of hydrogen-bond donors (Lipinski definition) is 1. The molecule has 0 saturated heterocycles. The topological polar surface area (TPSA) is 91.7 Å². The molecule has 31 heavy (non-hydrogen) atoms. The van der Waals surface area contributed by atoms with Gasteiger partial charge in [0.25, 0.3) is 11.5 Å². The second-order valence-electron chi connectivity index (χ2n) is 6.59. The summed E-state index contributed by atoms with van der Waals surface area (Å²) in [5.41, 5.74) is 1.56. The van der Waals surface area contributed by atoms with E-state index in [1.807, 2.05) is 31.2 Å². The van der Waals surface area contributed by atoms with Crippen LogP contribution in [-0.4, -0.2) is 42.8 Å². The van der Waals surface area contributed by atoms with E-state index in [4.69, 9.17) is 14.2 Å². The number of carbonyl (C=O) groups is 1. The Labute approximate surface area is 180 Å². The minimum absolute atomic E-state index is 0.202. The molecule has 0 aliphatic heterocycles. The summed E-state index contributed by atoms with van der Waals surface area (Å²) < 4.78 is 17.3. The highest BCUT2D eigenvalue weighted by atomic mass is 16.5. The fraction of sp³-hybridized carbons (Fsp3) is 0.261. The van der Waals surface area contributed by atoms with Crippen molar-refractivity contribution in [3.05, 3.63) is 70.8 Å². The summed E-state index contributed by atoms with van der Waals surface area (Å²) in [5, 5.41) is 2.79. The highest BCUT2D eigenvalue weighted by molar-refractivity contribution is 5.97. The van der Waals surface area contributed by atoms with E-state index in [0.717, 1.165) is 11.3 Å². The molecule has 0 aliphatic rings. The van der Waals surface area contributed by atoms with E-state index in [1.54, 1.807) is 18.2 Å². The Balaban J connectivity index is 1.64. The third-order valence-electron chi connectivity index (χ3n) is 4.63. The summed E-state index contributed by atoms with van der Waals surface area (Å²) >= 11 is 0. The molecule has 2 aromatic carbocycles. The van der Waals surface area contributed by atoms with E-state index < -0.39 is 0 Å². The van der Waals surface area contributed by atoms with Crippen molar-refractivity contribution in [1.29, 1.82) is 0 Å². The minimum atomic E-state index is -0.317. The molecule has 0 bridgehead atoms. The summed E-state index contributed by atoms with van der Waals surface area (Å²) in [7, 11) is 3.02. The quantitative estimate of drug-likeness (QED) is 0.569. The van der Waals surface area contributed by atoms with Crippen LogP contribution in [0.5, 0.6) is 17.2 Å². The third kappa shape index (κ3) is 5.42. The normalized spacial score (nSPS) is 10.4. The standard InChI is InChI=1S/C23H25N3O5/c1-4-31-17-7-5-16(6-8-17)20-14-22(27)26(15-25-20)12-11-24-23(28)19-13-18(29-2)9-10-21(19)30-3/h5-10,13-15H,4,11-12H2,1-3H3,(H,24,28). The molecule has 8 heteroatoms. The van der Waals surface area contributed by atoms with Gasteiger partial charge in [-0.3, -0.25) is 14.2 Å². The van der Waals surface area contributed by atoms with E-state index in [2.05, 4.69) is 10.3 Å². The van der Waals surface area contributed by atoms with Crippen molar-refractivity contribution in [2.24, 2.45) is 0 Å². The summed E-state index contributed by atoms with van der Waals surface area (Å²) in [5.74, 6) is 1.44. The second-order valence-corrected chi connectivity index (χ2v) is 6.59. The number of ether oxygens (including phenoxy) is 3. The lowest BCUT2D eigenvalue weighted by atomic mass is 10.1. The van der Waals surface area contributed by atoms with Gasteiger partial charge in [-0.15, -0.1) is 0 Å². The highest BCUT2D eigenvalue weighted by Crippen LogP contribution is 2.23. The van der Waals surface area contributed by atoms with Crippen LogP contribution in [0.15, 0.2) is 59.7 Å². The lowest BCUT2D eigenvalue weighted by Gasteiger charge is -2.12. The van der Waals surface area contributed by atoms with Gasteiger partial charge in [0.15, 0.2) is 0 Å². The van der Waals surface area contributed by atoms with Crippen molar-refractivity contribution in [3.8, 4) is 28.5 Å². The van der Waals surface area contributed by atoms with E-state index in [0.29, 0.717) is 29.4 Å². The molecule has 0 atom stereocenters. The Morgan fingerprint density at radius 2 is 1.77 bits per heavy atom. The van der Waals surface area contributed by atoms with Crippen LogP contribution in [-0.2, 0) is 6.54 Å². The molecule has 0 unspecified atom stereocenters. The van der Waals surface area contributed by atoms with Gasteiger partial charge >= 0.3 is 0 Å². The van der Waals surface area contributed by atoms with Gasteiger partial charge in [0.2, 0.25) is 0 Å². The molecular formula is C23H25N3O5. The monoisotopic (exact) mass is 423 g/mol. The molecule has 1 amide bonds. The van der Waals surface area contributed by atoms with Gasteiger partial charge in [-0.2, -0.15) is 0 Å². The summed E-state index contributed by atoms with van der Waals surface area (Å²) in [6.45, 7) is 3.05. The molecule has 1 aromatic heterocycles. The number of benzene rings is 2.